The molecule has 2 fully saturated rings. The molecule has 0 spiro atoms. The minimum atomic E-state index is -3.53. The Kier molecular flexibility index (Phi) is 4.44. The molecule has 2 aliphatic rings. The van der Waals surface area contributed by atoms with E-state index in [4.69, 9.17) is 0 Å². The Balaban J connectivity index is 1.80. The van der Waals surface area contributed by atoms with Crippen molar-refractivity contribution in [3.05, 3.63) is 30.3 Å². The molecule has 0 unspecified atom stereocenters. The van der Waals surface area contributed by atoms with Crippen molar-refractivity contribution in [3.63, 3.8) is 0 Å². The molecule has 0 radical (unpaired) electrons. The third-order valence-corrected chi connectivity index (χ3v) is 6.64. The quantitative estimate of drug-likeness (QED) is 0.790. The molecule has 6 nitrogen and oxygen atoms in total. The normalized spacial score (nSPS) is 25.3. The number of hydrogen-bond acceptors (Lipinski definition) is 4. The summed E-state index contributed by atoms with van der Waals surface area (Å²) in [5.41, 5.74) is 0. The van der Waals surface area contributed by atoms with E-state index in [2.05, 4.69) is 0 Å². The van der Waals surface area contributed by atoms with Gasteiger partial charge in [-0.05, 0) is 32.6 Å². The summed E-state index contributed by atoms with van der Waals surface area (Å²) in [5.74, 6) is 0.0646. The second kappa shape index (κ2) is 6.22. The van der Waals surface area contributed by atoms with E-state index in [0.717, 1.165) is 13.0 Å². The fraction of sp³-hybridized carbons (Fsp3) is 0.562. The molecule has 23 heavy (non-hydrogen) atoms. The zero-order valence-electron chi connectivity index (χ0n) is 13.6. The van der Waals surface area contributed by atoms with Gasteiger partial charge in [-0.2, -0.15) is 4.31 Å². The number of carbonyl (C=O) groups is 1. The topological polar surface area (TPSA) is 60.9 Å². The van der Waals surface area contributed by atoms with Gasteiger partial charge in [0.2, 0.25) is 15.9 Å². The van der Waals surface area contributed by atoms with E-state index in [1.165, 1.54) is 4.31 Å². The van der Waals surface area contributed by atoms with Crippen LogP contribution >= 0.6 is 0 Å². The molecule has 0 bridgehead atoms. The molecule has 126 valence electrons. The molecule has 1 aromatic carbocycles. The first-order valence-corrected chi connectivity index (χ1v) is 9.36. The van der Waals surface area contributed by atoms with Crippen molar-refractivity contribution in [2.24, 2.45) is 0 Å². The highest BCUT2D eigenvalue weighted by Crippen LogP contribution is 2.35. The molecule has 1 amide bonds. The lowest BCUT2D eigenvalue weighted by atomic mass is 10.1. The first-order chi connectivity index (χ1) is 10.9. The number of nitrogens with zero attached hydrogens (tertiary/aromatic N) is 3. The van der Waals surface area contributed by atoms with Crippen LogP contribution in [-0.4, -0.2) is 74.2 Å². The van der Waals surface area contributed by atoms with Crippen LogP contribution in [0.3, 0.4) is 0 Å². The highest BCUT2D eigenvalue weighted by Gasteiger charge is 2.50. The lowest BCUT2D eigenvalue weighted by Gasteiger charge is -2.26. The number of rotatable bonds is 5. The highest BCUT2D eigenvalue weighted by atomic mass is 32.2. The zero-order valence-corrected chi connectivity index (χ0v) is 14.4. The summed E-state index contributed by atoms with van der Waals surface area (Å²) < 4.78 is 27.2. The Morgan fingerprint density at radius 3 is 2.52 bits per heavy atom. The Labute approximate surface area is 137 Å². The minimum Gasteiger partial charge on any atom is -0.337 e. The van der Waals surface area contributed by atoms with Crippen molar-refractivity contribution < 1.29 is 13.2 Å². The summed E-state index contributed by atoms with van der Waals surface area (Å²) in [7, 11) is 0.415. The largest absolute Gasteiger partial charge is 0.337 e. The molecule has 2 aliphatic heterocycles. The second-order valence-electron chi connectivity index (χ2n) is 6.45. The lowest BCUT2D eigenvalue weighted by molar-refractivity contribution is -0.129. The average molecular weight is 337 g/mol. The molecule has 0 aliphatic carbocycles. The maximum atomic E-state index is 12.8. The Morgan fingerprint density at radius 2 is 1.87 bits per heavy atom. The zero-order chi connectivity index (χ0) is 16.6. The van der Waals surface area contributed by atoms with Crippen LogP contribution in [0, 0.1) is 0 Å². The molecule has 3 rings (SSSR count). The second-order valence-corrected chi connectivity index (χ2v) is 8.34. The minimum absolute atomic E-state index is 0.0148. The summed E-state index contributed by atoms with van der Waals surface area (Å²) in [6.45, 7) is 1.94. The monoisotopic (exact) mass is 337 g/mol. The van der Waals surface area contributed by atoms with E-state index in [1.807, 2.05) is 23.9 Å². The van der Waals surface area contributed by atoms with Gasteiger partial charge in [-0.25, -0.2) is 8.42 Å². The average Bonchev–Trinajstić information content (AvgIpc) is 3.04. The van der Waals surface area contributed by atoms with Crippen molar-refractivity contribution in [1.82, 2.24) is 14.1 Å². The molecule has 2 heterocycles. The predicted molar refractivity (Wildman–Crippen MR) is 87.4 cm³/mol. The standard InChI is InChI=1S/C16H23N3O3S/c1-17(2)10-11-18-14-8-9-19(15(14)12-16(18)20)23(21,22)13-6-4-3-5-7-13/h3-7,14-15H,8-12H2,1-2H3/t14-,15+/m1/s1. The van der Waals surface area contributed by atoms with Crippen molar-refractivity contribution in [2.75, 3.05) is 33.7 Å². The fourth-order valence-corrected chi connectivity index (χ4v) is 5.21. The van der Waals surface area contributed by atoms with Gasteiger partial charge in [0.15, 0.2) is 0 Å². The van der Waals surface area contributed by atoms with Gasteiger partial charge in [0.1, 0.15) is 0 Å². The van der Waals surface area contributed by atoms with Gasteiger partial charge in [0, 0.05) is 26.1 Å². The van der Waals surface area contributed by atoms with Gasteiger partial charge >= 0.3 is 0 Å². The van der Waals surface area contributed by atoms with Crippen LogP contribution in [0.15, 0.2) is 35.2 Å². The fourth-order valence-electron chi connectivity index (χ4n) is 3.52. The number of fused-ring (bicyclic) bond motifs is 1. The summed E-state index contributed by atoms with van der Waals surface area (Å²) in [6.07, 6.45) is 1.01. The number of likely N-dealkylation sites (N-methyl/N-ethyl adjacent to an activating group) is 1. The highest BCUT2D eigenvalue weighted by molar-refractivity contribution is 7.89. The van der Waals surface area contributed by atoms with Crippen molar-refractivity contribution >= 4 is 15.9 Å². The van der Waals surface area contributed by atoms with Crippen LogP contribution in [0.25, 0.3) is 0 Å². The van der Waals surface area contributed by atoms with Crippen molar-refractivity contribution in [2.45, 2.75) is 29.8 Å². The third kappa shape index (κ3) is 3.00. The molecular weight excluding hydrogens is 314 g/mol. The predicted octanol–water partition coefficient (Wildman–Crippen LogP) is 0.612. The number of likely N-dealkylation sites (tertiary alicyclic amines) is 1. The van der Waals surface area contributed by atoms with Gasteiger partial charge in [0.05, 0.1) is 17.0 Å². The number of sulfonamides is 1. The maximum Gasteiger partial charge on any atom is 0.243 e. The molecule has 2 atom stereocenters. The maximum absolute atomic E-state index is 12.8. The SMILES string of the molecule is CN(C)CCN1C(=O)C[C@H]2[C@H]1CCN2S(=O)(=O)c1ccccc1. The first kappa shape index (κ1) is 16.4. The Bertz CT molecular complexity index is 675. The van der Waals surface area contributed by atoms with Gasteiger partial charge in [0.25, 0.3) is 0 Å². The molecule has 2 saturated heterocycles. The van der Waals surface area contributed by atoms with Crippen molar-refractivity contribution in [1.29, 1.82) is 0 Å². The van der Waals surface area contributed by atoms with Crippen LogP contribution in [0.5, 0.6) is 0 Å². The third-order valence-electron chi connectivity index (χ3n) is 4.70. The van der Waals surface area contributed by atoms with E-state index in [9.17, 15) is 13.2 Å². The number of amides is 1. The molecule has 0 aromatic heterocycles. The number of benzene rings is 1. The lowest BCUT2D eigenvalue weighted by Crippen LogP contribution is -2.41. The first-order valence-electron chi connectivity index (χ1n) is 7.92. The smallest absolute Gasteiger partial charge is 0.243 e. The molecular formula is C16H23N3O3S. The Hall–Kier alpha value is -1.44. The van der Waals surface area contributed by atoms with E-state index in [0.29, 0.717) is 24.4 Å². The Morgan fingerprint density at radius 1 is 1.17 bits per heavy atom. The molecule has 7 heteroatoms. The summed E-state index contributed by atoms with van der Waals surface area (Å²) in [5, 5.41) is 0. The van der Waals surface area contributed by atoms with E-state index >= 15 is 0 Å². The van der Waals surface area contributed by atoms with Crippen LogP contribution in [-0.2, 0) is 14.8 Å². The van der Waals surface area contributed by atoms with Crippen LogP contribution < -0.4 is 0 Å². The van der Waals surface area contributed by atoms with Crippen molar-refractivity contribution in [3.8, 4) is 0 Å². The van der Waals surface area contributed by atoms with E-state index in [-0.39, 0.29) is 18.0 Å². The van der Waals surface area contributed by atoms with Crippen LogP contribution in [0.2, 0.25) is 0 Å². The van der Waals surface area contributed by atoms with Gasteiger partial charge in [-0.15, -0.1) is 0 Å². The summed E-state index contributed by atoms with van der Waals surface area (Å²) in [6, 6.07) is 8.27. The molecule has 0 N–H and O–H groups in total. The number of carbonyl (C=O) groups excluding carboxylic acids is 1. The van der Waals surface area contributed by atoms with Crippen LogP contribution in [0.4, 0.5) is 0 Å². The van der Waals surface area contributed by atoms with Crippen LogP contribution in [0.1, 0.15) is 12.8 Å². The van der Waals surface area contributed by atoms with E-state index in [1.54, 1.807) is 30.3 Å². The summed E-state index contributed by atoms with van der Waals surface area (Å²) in [4.78, 5) is 16.5. The molecule has 0 saturated carbocycles. The van der Waals surface area contributed by atoms with Gasteiger partial charge < -0.3 is 9.80 Å². The van der Waals surface area contributed by atoms with Gasteiger partial charge in [-0.1, -0.05) is 18.2 Å². The van der Waals surface area contributed by atoms with Gasteiger partial charge in [-0.3, -0.25) is 4.79 Å². The molecule has 1 aromatic rings. The summed E-state index contributed by atoms with van der Waals surface area (Å²) >= 11 is 0. The number of hydrogen-bond donors (Lipinski definition) is 0. The van der Waals surface area contributed by atoms with E-state index < -0.39 is 10.0 Å².